The summed E-state index contributed by atoms with van der Waals surface area (Å²) in [5.41, 5.74) is 9.06. The molecule has 0 aliphatic heterocycles. The van der Waals surface area contributed by atoms with Crippen LogP contribution in [-0.4, -0.2) is 7.11 Å². The van der Waals surface area contributed by atoms with Gasteiger partial charge in [-0.05, 0) is 48.8 Å². The highest BCUT2D eigenvalue weighted by molar-refractivity contribution is 5.45. The third-order valence-corrected chi connectivity index (χ3v) is 4.65. The molecule has 0 bridgehead atoms. The van der Waals surface area contributed by atoms with Crippen molar-refractivity contribution in [2.75, 3.05) is 7.11 Å². The van der Waals surface area contributed by atoms with Crippen molar-refractivity contribution in [1.82, 2.24) is 0 Å². The van der Waals surface area contributed by atoms with E-state index in [0.717, 1.165) is 25.0 Å². The zero-order chi connectivity index (χ0) is 13.4. The third-order valence-electron chi connectivity index (χ3n) is 4.65. The van der Waals surface area contributed by atoms with Crippen molar-refractivity contribution in [2.45, 2.75) is 57.4 Å². The molecule has 0 aromatic heterocycles. The molecule has 1 saturated carbocycles. The highest BCUT2D eigenvalue weighted by atomic mass is 16.5. The fourth-order valence-corrected chi connectivity index (χ4v) is 2.55. The Morgan fingerprint density at radius 1 is 1.33 bits per heavy atom. The molecule has 2 nitrogen and oxygen atoms in total. The minimum Gasteiger partial charge on any atom is -0.496 e. The number of nitrogens with two attached hydrogens (primary N) is 1. The Bertz CT molecular complexity index is 433. The number of ether oxygens (including phenoxy) is 1. The van der Waals surface area contributed by atoms with E-state index in [1.807, 2.05) is 0 Å². The summed E-state index contributed by atoms with van der Waals surface area (Å²) in [4.78, 5) is 0. The lowest BCUT2D eigenvalue weighted by molar-refractivity contribution is 0.243. The molecule has 0 atom stereocenters. The summed E-state index contributed by atoms with van der Waals surface area (Å²) < 4.78 is 5.49. The second-order valence-electron chi connectivity index (χ2n) is 6.16. The van der Waals surface area contributed by atoms with Gasteiger partial charge in [0.05, 0.1) is 7.11 Å². The molecule has 100 valence electrons. The van der Waals surface area contributed by atoms with Crippen molar-refractivity contribution in [3.05, 3.63) is 29.3 Å². The summed E-state index contributed by atoms with van der Waals surface area (Å²) in [6.07, 6.45) is 4.48. The molecule has 1 aromatic rings. The van der Waals surface area contributed by atoms with E-state index in [0.29, 0.717) is 0 Å². The molecule has 0 radical (unpaired) electrons. The summed E-state index contributed by atoms with van der Waals surface area (Å²) >= 11 is 0. The van der Waals surface area contributed by atoms with Gasteiger partial charge in [-0.1, -0.05) is 26.8 Å². The lowest BCUT2D eigenvalue weighted by atomic mass is 9.70. The van der Waals surface area contributed by atoms with Crippen LogP contribution in [0.15, 0.2) is 18.2 Å². The fraction of sp³-hybridized carbons (Fsp3) is 0.625. The van der Waals surface area contributed by atoms with E-state index in [2.05, 4.69) is 39.0 Å². The number of benzene rings is 1. The van der Waals surface area contributed by atoms with Crippen LogP contribution in [0.1, 0.15) is 57.6 Å². The summed E-state index contributed by atoms with van der Waals surface area (Å²) in [5.74, 6) is 0.938. The molecule has 1 aromatic carbocycles. The first kappa shape index (κ1) is 13.4. The van der Waals surface area contributed by atoms with Crippen LogP contribution in [0.25, 0.3) is 0 Å². The maximum Gasteiger partial charge on any atom is 0.123 e. The minimum atomic E-state index is -0.162. The molecule has 1 aliphatic rings. The van der Waals surface area contributed by atoms with Crippen molar-refractivity contribution in [2.24, 2.45) is 5.73 Å². The third kappa shape index (κ3) is 2.14. The van der Waals surface area contributed by atoms with Gasteiger partial charge < -0.3 is 10.5 Å². The van der Waals surface area contributed by atoms with E-state index in [-0.39, 0.29) is 11.0 Å². The molecule has 2 N–H and O–H groups in total. The van der Waals surface area contributed by atoms with Crippen molar-refractivity contribution >= 4 is 0 Å². The van der Waals surface area contributed by atoms with E-state index >= 15 is 0 Å². The standard InChI is InChI=1S/C16H25NO/c1-5-15(2,3)12-7-8-14(18-4)13(11-12)16(17)9-6-10-16/h7-8,11H,5-6,9-10,17H2,1-4H3. The van der Waals surface area contributed by atoms with Gasteiger partial charge in [0.1, 0.15) is 5.75 Å². The lowest BCUT2D eigenvalue weighted by Gasteiger charge is -2.40. The second-order valence-corrected chi connectivity index (χ2v) is 6.16. The fourth-order valence-electron chi connectivity index (χ4n) is 2.55. The number of rotatable bonds is 4. The van der Waals surface area contributed by atoms with Crippen LogP contribution in [0.2, 0.25) is 0 Å². The Labute approximate surface area is 111 Å². The van der Waals surface area contributed by atoms with E-state index in [4.69, 9.17) is 10.5 Å². The second kappa shape index (κ2) is 4.58. The van der Waals surface area contributed by atoms with Crippen LogP contribution in [0.5, 0.6) is 5.75 Å². The molecule has 0 amide bonds. The smallest absolute Gasteiger partial charge is 0.123 e. The van der Waals surface area contributed by atoms with Gasteiger partial charge in [0, 0.05) is 11.1 Å². The van der Waals surface area contributed by atoms with Gasteiger partial charge in [-0.2, -0.15) is 0 Å². The van der Waals surface area contributed by atoms with Crippen LogP contribution in [-0.2, 0) is 11.0 Å². The quantitative estimate of drug-likeness (QED) is 0.880. The Morgan fingerprint density at radius 2 is 2.00 bits per heavy atom. The highest BCUT2D eigenvalue weighted by Crippen LogP contribution is 2.44. The molecule has 0 spiro atoms. The van der Waals surface area contributed by atoms with Gasteiger partial charge in [0.15, 0.2) is 0 Å². The molecular weight excluding hydrogens is 222 g/mol. The van der Waals surface area contributed by atoms with Crippen molar-refractivity contribution in [3.63, 3.8) is 0 Å². The van der Waals surface area contributed by atoms with E-state index in [9.17, 15) is 0 Å². The first-order chi connectivity index (χ1) is 8.43. The maximum atomic E-state index is 6.47. The maximum absolute atomic E-state index is 6.47. The normalized spacial score (nSPS) is 18.3. The van der Waals surface area contributed by atoms with Crippen molar-refractivity contribution in [1.29, 1.82) is 0 Å². The summed E-state index contributed by atoms with van der Waals surface area (Å²) in [7, 11) is 1.73. The Hall–Kier alpha value is -1.02. The van der Waals surface area contributed by atoms with E-state index < -0.39 is 0 Å². The average molecular weight is 247 g/mol. The molecule has 1 fully saturated rings. The summed E-state index contributed by atoms with van der Waals surface area (Å²) in [5, 5.41) is 0. The van der Waals surface area contributed by atoms with Gasteiger partial charge in [0.25, 0.3) is 0 Å². The predicted octanol–water partition coefficient (Wildman–Crippen LogP) is 3.72. The van der Waals surface area contributed by atoms with Crippen molar-refractivity contribution < 1.29 is 4.74 Å². The molecule has 0 unspecified atom stereocenters. The average Bonchev–Trinajstić information content (AvgIpc) is 2.35. The number of hydrogen-bond donors (Lipinski definition) is 1. The molecule has 1 aliphatic carbocycles. The van der Waals surface area contributed by atoms with Crippen LogP contribution >= 0.6 is 0 Å². The molecular formula is C16H25NO. The topological polar surface area (TPSA) is 35.2 Å². The Balaban J connectivity index is 2.46. The molecule has 18 heavy (non-hydrogen) atoms. The zero-order valence-corrected chi connectivity index (χ0v) is 12.0. The van der Waals surface area contributed by atoms with Gasteiger partial charge in [-0.3, -0.25) is 0 Å². The van der Waals surface area contributed by atoms with Crippen LogP contribution < -0.4 is 10.5 Å². The predicted molar refractivity (Wildman–Crippen MR) is 76.0 cm³/mol. The molecule has 0 heterocycles. The van der Waals surface area contributed by atoms with E-state index in [1.165, 1.54) is 17.5 Å². The van der Waals surface area contributed by atoms with Crippen LogP contribution in [0.3, 0.4) is 0 Å². The summed E-state index contributed by atoms with van der Waals surface area (Å²) in [6.45, 7) is 6.79. The minimum absolute atomic E-state index is 0.162. The van der Waals surface area contributed by atoms with Crippen molar-refractivity contribution in [3.8, 4) is 5.75 Å². The van der Waals surface area contributed by atoms with Crippen LogP contribution in [0, 0.1) is 0 Å². The first-order valence-corrected chi connectivity index (χ1v) is 6.91. The molecule has 2 rings (SSSR count). The SMILES string of the molecule is CCC(C)(C)c1ccc(OC)c(C2(N)CCC2)c1. The molecule has 2 heteroatoms. The largest absolute Gasteiger partial charge is 0.496 e. The van der Waals surface area contributed by atoms with Gasteiger partial charge in [0.2, 0.25) is 0 Å². The summed E-state index contributed by atoms with van der Waals surface area (Å²) in [6, 6.07) is 6.52. The Morgan fingerprint density at radius 3 is 2.44 bits per heavy atom. The van der Waals surface area contributed by atoms with Gasteiger partial charge in [-0.25, -0.2) is 0 Å². The van der Waals surface area contributed by atoms with Gasteiger partial charge >= 0.3 is 0 Å². The van der Waals surface area contributed by atoms with E-state index in [1.54, 1.807) is 7.11 Å². The van der Waals surface area contributed by atoms with Crippen LogP contribution in [0.4, 0.5) is 0 Å². The lowest BCUT2D eigenvalue weighted by Crippen LogP contribution is -2.43. The highest BCUT2D eigenvalue weighted by Gasteiger charge is 2.37. The Kier molecular flexibility index (Phi) is 3.41. The zero-order valence-electron chi connectivity index (χ0n) is 12.0. The number of methoxy groups -OCH3 is 1. The first-order valence-electron chi connectivity index (χ1n) is 6.91. The molecule has 0 saturated heterocycles. The monoisotopic (exact) mass is 247 g/mol. The van der Waals surface area contributed by atoms with Gasteiger partial charge in [-0.15, -0.1) is 0 Å². The number of hydrogen-bond acceptors (Lipinski definition) is 2.